The van der Waals surface area contributed by atoms with Gasteiger partial charge in [0.05, 0.1) is 21.3 Å². The maximum Gasteiger partial charge on any atom is 0.272 e. The summed E-state index contributed by atoms with van der Waals surface area (Å²) in [5.74, 6) is 0.698. The van der Waals surface area contributed by atoms with Crippen molar-refractivity contribution in [3.8, 4) is 34.5 Å². The number of epoxide rings is 1. The Labute approximate surface area is 231 Å². The van der Waals surface area contributed by atoms with Gasteiger partial charge >= 0.3 is 0 Å². The minimum absolute atomic E-state index is 0.225. The van der Waals surface area contributed by atoms with Gasteiger partial charge in [-0.05, 0) is 29.3 Å². The van der Waals surface area contributed by atoms with Crippen LogP contribution >= 0.6 is 0 Å². The average Bonchev–Trinajstić information content (AvgIpc) is 3.75. The third kappa shape index (κ3) is 4.46. The third-order valence-corrected chi connectivity index (χ3v) is 6.95. The van der Waals surface area contributed by atoms with E-state index in [1.54, 1.807) is 25.3 Å². The Morgan fingerprint density at radius 3 is 1.98 bits per heavy atom. The molecule has 4 aromatic carbocycles. The number of carbonyl (C=O) groups excluding carboxylic acids is 1. The quantitative estimate of drug-likeness (QED) is 0.237. The Hall–Kier alpha value is -4.69. The van der Waals surface area contributed by atoms with E-state index in [1.807, 2.05) is 66.7 Å². The van der Waals surface area contributed by atoms with Crippen LogP contribution in [0.2, 0.25) is 0 Å². The van der Waals surface area contributed by atoms with Crippen LogP contribution in [-0.2, 0) is 23.7 Å². The average molecular weight is 541 g/mol. The zero-order valence-electron chi connectivity index (χ0n) is 22.3. The molecule has 0 bridgehead atoms. The molecule has 4 aromatic rings. The Morgan fingerprint density at radius 2 is 1.35 bits per heavy atom. The first kappa shape index (κ1) is 25.6. The van der Waals surface area contributed by atoms with Gasteiger partial charge < -0.3 is 33.2 Å². The van der Waals surface area contributed by atoms with Gasteiger partial charge in [-0.3, -0.25) is 4.79 Å². The molecule has 2 heterocycles. The molecule has 0 spiro atoms. The van der Waals surface area contributed by atoms with Crippen molar-refractivity contribution in [3.63, 3.8) is 0 Å². The number of rotatable bonds is 10. The van der Waals surface area contributed by atoms with Crippen LogP contribution in [0.1, 0.15) is 27.0 Å². The fourth-order valence-electron chi connectivity index (χ4n) is 4.88. The lowest BCUT2D eigenvalue weighted by molar-refractivity contribution is 0.0559. The van der Waals surface area contributed by atoms with Crippen LogP contribution in [0.4, 0.5) is 0 Å². The van der Waals surface area contributed by atoms with Crippen LogP contribution in [0.3, 0.4) is 0 Å². The number of fused-ring (bicyclic) bond motifs is 2. The first-order valence-corrected chi connectivity index (χ1v) is 12.8. The second kappa shape index (κ2) is 10.5. The van der Waals surface area contributed by atoms with Gasteiger partial charge in [-0.1, -0.05) is 60.7 Å². The van der Waals surface area contributed by atoms with E-state index in [9.17, 15) is 4.79 Å². The molecule has 8 heteroatoms. The molecule has 0 aliphatic carbocycles. The highest BCUT2D eigenvalue weighted by Gasteiger charge is 2.69. The summed E-state index contributed by atoms with van der Waals surface area (Å²) >= 11 is 0. The van der Waals surface area contributed by atoms with Crippen molar-refractivity contribution in [1.82, 2.24) is 0 Å². The van der Waals surface area contributed by atoms with Gasteiger partial charge in [0.25, 0.3) is 5.79 Å². The summed E-state index contributed by atoms with van der Waals surface area (Å²) in [5, 5.41) is 0. The minimum atomic E-state index is -1.30. The Kier molecular flexibility index (Phi) is 6.69. The van der Waals surface area contributed by atoms with Gasteiger partial charge in [0.1, 0.15) is 24.5 Å². The molecule has 2 aliphatic rings. The number of ether oxygens (including phenoxy) is 7. The van der Waals surface area contributed by atoms with Crippen molar-refractivity contribution in [2.75, 3.05) is 21.3 Å². The molecule has 204 valence electrons. The summed E-state index contributed by atoms with van der Waals surface area (Å²) in [7, 11) is 4.58. The van der Waals surface area contributed by atoms with Crippen LogP contribution in [0.15, 0.2) is 84.9 Å². The van der Waals surface area contributed by atoms with Crippen LogP contribution in [0, 0.1) is 0 Å². The maximum atomic E-state index is 13.8. The van der Waals surface area contributed by atoms with E-state index in [4.69, 9.17) is 33.2 Å². The lowest BCUT2D eigenvalue weighted by Gasteiger charge is -2.26. The van der Waals surface area contributed by atoms with E-state index in [1.165, 1.54) is 14.2 Å². The van der Waals surface area contributed by atoms with E-state index in [0.29, 0.717) is 35.2 Å². The maximum absolute atomic E-state index is 13.8. The van der Waals surface area contributed by atoms with Crippen molar-refractivity contribution in [2.45, 2.75) is 25.1 Å². The molecule has 1 saturated heterocycles. The molecule has 0 N–H and O–H groups in total. The molecule has 2 unspecified atom stereocenters. The van der Waals surface area contributed by atoms with Crippen molar-refractivity contribution in [3.05, 3.63) is 107 Å². The molecule has 0 saturated carbocycles. The topological polar surface area (TPSA) is 85.0 Å². The van der Waals surface area contributed by atoms with Gasteiger partial charge in [-0.2, -0.15) is 0 Å². The predicted octanol–water partition coefficient (Wildman–Crippen LogP) is 5.70. The first-order chi connectivity index (χ1) is 19.6. The SMILES string of the molecule is COc1cc(C23Oc4cc(OC)c(OC)c(OCc5ccccc5)c4C(=O)C2O3)ccc1OCc1ccccc1. The number of ketones is 1. The van der Waals surface area contributed by atoms with Crippen LogP contribution in [0.25, 0.3) is 0 Å². The summed E-state index contributed by atoms with van der Waals surface area (Å²) in [6, 6.07) is 26.5. The fraction of sp³-hybridized carbons (Fsp3) is 0.219. The summed E-state index contributed by atoms with van der Waals surface area (Å²) < 4.78 is 41.3. The first-order valence-electron chi connectivity index (χ1n) is 12.8. The Balaban J connectivity index is 1.32. The predicted molar refractivity (Wildman–Crippen MR) is 146 cm³/mol. The number of hydrogen-bond acceptors (Lipinski definition) is 8. The molecular formula is C32H28O8. The molecule has 1 fully saturated rings. The van der Waals surface area contributed by atoms with E-state index in [0.717, 1.165) is 11.1 Å². The van der Waals surface area contributed by atoms with Gasteiger partial charge in [-0.15, -0.1) is 0 Å². The molecule has 6 rings (SSSR count). The fourth-order valence-corrected chi connectivity index (χ4v) is 4.88. The van der Waals surface area contributed by atoms with Crippen LogP contribution < -0.4 is 28.4 Å². The largest absolute Gasteiger partial charge is 0.493 e. The number of carbonyl (C=O) groups is 1. The second-order valence-electron chi connectivity index (χ2n) is 9.36. The number of methoxy groups -OCH3 is 3. The minimum Gasteiger partial charge on any atom is -0.493 e. The summed E-state index contributed by atoms with van der Waals surface area (Å²) in [5.41, 5.74) is 2.85. The van der Waals surface area contributed by atoms with Crippen LogP contribution in [0.5, 0.6) is 34.5 Å². The Bertz CT molecular complexity index is 1540. The van der Waals surface area contributed by atoms with E-state index in [2.05, 4.69) is 0 Å². The lowest BCUT2D eigenvalue weighted by Crippen LogP contribution is -2.31. The molecule has 8 nitrogen and oxygen atoms in total. The van der Waals surface area contributed by atoms with Gasteiger partial charge in [-0.25, -0.2) is 0 Å². The molecule has 0 aromatic heterocycles. The molecule has 40 heavy (non-hydrogen) atoms. The van der Waals surface area contributed by atoms with Crippen molar-refractivity contribution in [1.29, 1.82) is 0 Å². The zero-order valence-corrected chi connectivity index (χ0v) is 22.3. The van der Waals surface area contributed by atoms with Crippen molar-refractivity contribution in [2.24, 2.45) is 0 Å². The molecular weight excluding hydrogens is 512 g/mol. The third-order valence-electron chi connectivity index (χ3n) is 6.95. The smallest absolute Gasteiger partial charge is 0.272 e. The van der Waals surface area contributed by atoms with Crippen LogP contribution in [-0.4, -0.2) is 33.2 Å². The Morgan fingerprint density at radius 1 is 0.700 bits per heavy atom. The van der Waals surface area contributed by atoms with Gasteiger partial charge in [0.15, 0.2) is 29.1 Å². The highest BCUT2D eigenvalue weighted by molar-refractivity contribution is 6.08. The summed E-state index contributed by atoms with van der Waals surface area (Å²) in [4.78, 5) is 13.8. The van der Waals surface area contributed by atoms with Gasteiger partial charge in [0, 0.05) is 11.6 Å². The molecule has 0 radical (unpaired) electrons. The lowest BCUT2D eigenvalue weighted by atomic mass is 9.94. The summed E-state index contributed by atoms with van der Waals surface area (Å²) in [6.45, 7) is 0.610. The second-order valence-corrected chi connectivity index (χ2v) is 9.36. The zero-order chi connectivity index (χ0) is 27.7. The van der Waals surface area contributed by atoms with E-state index in [-0.39, 0.29) is 29.5 Å². The monoisotopic (exact) mass is 540 g/mol. The van der Waals surface area contributed by atoms with Crippen molar-refractivity contribution < 1.29 is 38.0 Å². The van der Waals surface area contributed by atoms with E-state index < -0.39 is 11.9 Å². The molecule has 2 atom stereocenters. The standard InChI is InChI=1S/C32H28O8/c1-34-24-16-22(14-15-23(24)37-18-20-10-6-4-7-11-20)32-31(40-32)28(33)27-25(39-32)17-26(35-2)29(36-3)30(27)38-19-21-12-8-5-9-13-21/h4-17,31H,18-19H2,1-3H3. The molecule has 2 aliphatic heterocycles. The number of Topliss-reactive ketones (excluding diaryl/α,β-unsaturated/α-hetero) is 1. The number of benzene rings is 4. The normalized spacial score (nSPS) is 18.6. The highest BCUT2D eigenvalue weighted by atomic mass is 16.8. The summed E-state index contributed by atoms with van der Waals surface area (Å²) in [6.07, 6.45) is -0.863. The number of hydrogen-bond donors (Lipinski definition) is 0. The molecule has 0 amide bonds. The van der Waals surface area contributed by atoms with E-state index >= 15 is 0 Å². The highest BCUT2D eigenvalue weighted by Crippen LogP contribution is 2.58. The van der Waals surface area contributed by atoms with Gasteiger partial charge in [0.2, 0.25) is 11.5 Å². The van der Waals surface area contributed by atoms with Crippen molar-refractivity contribution >= 4 is 5.78 Å².